The van der Waals surface area contributed by atoms with E-state index in [0.717, 1.165) is 95.2 Å². The van der Waals surface area contributed by atoms with Gasteiger partial charge in [-0.1, -0.05) is 84.8 Å². The zero-order chi connectivity index (χ0) is 37.0. The zero-order valence-electron chi connectivity index (χ0n) is 32.7. The molecule has 4 aromatic carbocycles. The smallest absolute Gasteiger partial charge is 0.509 e. The standard InChI is InChI=1S/C43H38N4O.Pt/c1-29-24-42(44-27-38(29)32-12-6-4-7-13-32)46-22-10-16-34-18-20-36(25-40(34)46)48-37-21-19-35-17-11-23-47(41(35)26-37)43-31(3)30(2)39(28-45-43)33-14-8-5-9-15-33;/h4-9,12-15,18-21,24,27-28H,10-11,16-17,22-23H2,1-3H3;/q-2;+2/i5D,8D,9D,14D,15D;. The molecule has 6 heteroatoms. The second-order valence-electron chi connectivity index (χ2n) is 12.5. The number of aromatic nitrogens is 2. The number of benzene rings is 4. The van der Waals surface area contributed by atoms with Gasteiger partial charge in [-0.3, -0.25) is 0 Å². The first-order valence-electron chi connectivity index (χ1n) is 19.0. The van der Waals surface area contributed by atoms with Crippen molar-refractivity contribution in [2.75, 3.05) is 22.9 Å². The van der Waals surface area contributed by atoms with Crippen LogP contribution in [0.15, 0.2) is 103 Å². The molecule has 8 rings (SSSR count). The first-order chi connectivity index (χ1) is 25.6. The van der Waals surface area contributed by atoms with E-state index in [-0.39, 0.29) is 50.8 Å². The summed E-state index contributed by atoms with van der Waals surface area (Å²) in [6.07, 6.45) is 7.40. The molecular weight excluding hydrogens is 784 g/mol. The molecule has 49 heavy (non-hydrogen) atoms. The van der Waals surface area contributed by atoms with Crippen molar-refractivity contribution in [1.82, 2.24) is 9.97 Å². The van der Waals surface area contributed by atoms with Gasteiger partial charge in [0.2, 0.25) is 0 Å². The predicted molar refractivity (Wildman–Crippen MR) is 195 cm³/mol. The molecule has 0 amide bonds. The van der Waals surface area contributed by atoms with Gasteiger partial charge in [-0.25, -0.2) is 9.97 Å². The van der Waals surface area contributed by atoms with E-state index in [2.05, 4.69) is 59.2 Å². The van der Waals surface area contributed by atoms with E-state index in [1.807, 2.05) is 50.4 Å². The Morgan fingerprint density at radius 1 is 0.694 bits per heavy atom. The fourth-order valence-corrected chi connectivity index (χ4v) is 6.84. The van der Waals surface area contributed by atoms with Gasteiger partial charge in [0, 0.05) is 48.1 Å². The average molecular weight is 827 g/mol. The summed E-state index contributed by atoms with van der Waals surface area (Å²) in [5, 5.41) is 0. The zero-order valence-corrected chi connectivity index (χ0v) is 30.0. The van der Waals surface area contributed by atoms with Crippen LogP contribution in [0.25, 0.3) is 22.3 Å². The Labute approximate surface area is 310 Å². The second kappa shape index (κ2) is 14.0. The van der Waals surface area contributed by atoms with E-state index >= 15 is 0 Å². The molecule has 2 aliphatic rings. The van der Waals surface area contributed by atoms with Gasteiger partial charge in [-0.15, -0.1) is 35.4 Å². The molecule has 246 valence electrons. The summed E-state index contributed by atoms with van der Waals surface area (Å²) < 4.78 is 47.8. The Morgan fingerprint density at radius 2 is 1.33 bits per heavy atom. The van der Waals surface area contributed by atoms with Crippen molar-refractivity contribution in [1.29, 1.82) is 0 Å². The largest absolute Gasteiger partial charge is 2.00 e. The molecular formula is C43H38N4OPt. The number of nitrogens with zero attached hydrogens (tertiary/aromatic N) is 4. The van der Waals surface area contributed by atoms with E-state index in [4.69, 9.17) is 21.6 Å². The topological polar surface area (TPSA) is 41.5 Å². The van der Waals surface area contributed by atoms with Crippen molar-refractivity contribution >= 4 is 23.0 Å². The van der Waals surface area contributed by atoms with Crippen LogP contribution in [0.3, 0.4) is 0 Å². The van der Waals surface area contributed by atoms with Crippen LogP contribution in [0.4, 0.5) is 23.0 Å². The molecule has 0 atom stereocenters. The van der Waals surface area contributed by atoms with E-state index in [9.17, 15) is 0 Å². The predicted octanol–water partition coefficient (Wildman–Crippen LogP) is 10.3. The van der Waals surface area contributed by atoms with Crippen LogP contribution in [0, 0.1) is 32.9 Å². The summed E-state index contributed by atoms with van der Waals surface area (Å²) in [5.41, 5.74) is 10.00. The minimum absolute atomic E-state index is 0. The molecule has 5 nitrogen and oxygen atoms in total. The molecule has 0 bridgehead atoms. The summed E-state index contributed by atoms with van der Waals surface area (Å²) in [5.74, 6) is 2.80. The van der Waals surface area contributed by atoms with Crippen LogP contribution in [0.1, 0.15) is 47.5 Å². The number of ether oxygens (including phenoxy) is 1. The Balaban J connectivity index is 0.00000450. The molecule has 0 saturated carbocycles. The molecule has 0 N–H and O–H groups in total. The Kier molecular flexibility index (Phi) is 7.76. The summed E-state index contributed by atoms with van der Waals surface area (Å²) in [6.45, 7) is 7.57. The van der Waals surface area contributed by atoms with Crippen molar-refractivity contribution in [2.24, 2.45) is 0 Å². The number of fused-ring (bicyclic) bond motifs is 2. The van der Waals surface area contributed by atoms with Crippen LogP contribution in [-0.2, 0) is 33.9 Å². The van der Waals surface area contributed by atoms with Gasteiger partial charge in [-0.2, -0.15) is 12.1 Å². The molecule has 4 heterocycles. The number of rotatable bonds is 6. The van der Waals surface area contributed by atoms with Crippen LogP contribution < -0.4 is 14.5 Å². The minimum atomic E-state index is -0.410. The van der Waals surface area contributed by atoms with E-state index < -0.39 is 6.04 Å². The van der Waals surface area contributed by atoms with Crippen molar-refractivity contribution < 1.29 is 32.7 Å². The number of pyridine rings is 2. The van der Waals surface area contributed by atoms with E-state index in [1.54, 1.807) is 6.20 Å². The SMILES string of the molecule is [2H]c1c([2H])c([2H])c(-c2cnc(N3CCCc4ccc(Oc5[c-]c6c(cc5)CCCN6c5cc(C)c(-c6ccccc6)cn5)[c-]c43)c(C)c2C)c([2H])c1[2H].[Pt+2]. The van der Waals surface area contributed by atoms with E-state index in [1.165, 1.54) is 5.56 Å². The molecule has 2 aromatic heterocycles. The Hall–Kier alpha value is -4.73. The van der Waals surface area contributed by atoms with Crippen molar-refractivity contribution in [3.63, 3.8) is 0 Å². The summed E-state index contributed by atoms with van der Waals surface area (Å²) in [7, 11) is 0. The van der Waals surface area contributed by atoms with Crippen molar-refractivity contribution in [2.45, 2.75) is 46.5 Å². The first-order valence-corrected chi connectivity index (χ1v) is 16.5. The molecule has 2 aliphatic heterocycles. The molecule has 6 aromatic rings. The Morgan fingerprint density at radius 3 is 2.00 bits per heavy atom. The van der Waals surface area contributed by atoms with Gasteiger partial charge in [0.1, 0.15) is 11.6 Å². The molecule has 0 aliphatic carbocycles. The van der Waals surface area contributed by atoms with E-state index in [0.29, 0.717) is 17.1 Å². The van der Waals surface area contributed by atoms with Crippen LogP contribution >= 0.6 is 0 Å². The molecule has 0 unspecified atom stereocenters. The maximum atomic E-state index is 8.52. The minimum Gasteiger partial charge on any atom is -0.509 e. The number of hydrogen-bond acceptors (Lipinski definition) is 5. The third-order valence-electron chi connectivity index (χ3n) is 9.48. The van der Waals surface area contributed by atoms with Gasteiger partial charge in [-0.05, 0) is 67.5 Å². The van der Waals surface area contributed by atoms with Gasteiger partial charge < -0.3 is 14.5 Å². The molecule has 0 radical (unpaired) electrons. The van der Waals surface area contributed by atoms with Crippen molar-refractivity contribution in [3.05, 3.63) is 143 Å². The molecule has 0 fully saturated rings. The van der Waals surface area contributed by atoms with Gasteiger partial charge >= 0.3 is 21.1 Å². The fourth-order valence-electron chi connectivity index (χ4n) is 6.84. The third kappa shape index (κ3) is 6.40. The number of anilines is 4. The van der Waals surface area contributed by atoms with Gasteiger partial charge in [0.05, 0.1) is 6.85 Å². The summed E-state index contributed by atoms with van der Waals surface area (Å²) in [6, 6.07) is 26.1. The quantitative estimate of drug-likeness (QED) is 0.157. The normalized spacial score (nSPS) is 15.1. The molecule has 0 saturated heterocycles. The van der Waals surface area contributed by atoms with Gasteiger partial charge in [0.25, 0.3) is 0 Å². The second-order valence-corrected chi connectivity index (χ2v) is 12.5. The number of aryl methyl sites for hydroxylation is 3. The Bertz CT molecular complexity index is 2380. The van der Waals surface area contributed by atoms with Crippen LogP contribution in [0.2, 0.25) is 0 Å². The van der Waals surface area contributed by atoms with Crippen molar-refractivity contribution in [3.8, 4) is 33.8 Å². The monoisotopic (exact) mass is 826 g/mol. The molecule has 0 spiro atoms. The maximum absolute atomic E-state index is 8.52. The summed E-state index contributed by atoms with van der Waals surface area (Å²) >= 11 is 0. The van der Waals surface area contributed by atoms with Crippen LogP contribution in [0.5, 0.6) is 11.5 Å². The first kappa shape index (κ1) is 27.1. The maximum Gasteiger partial charge on any atom is 2.00 e. The number of hydrogen-bond donors (Lipinski definition) is 0. The fraction of sp³-hybridized carbons (Fsp3) is 0.209. The third-order valence-corrected chi connectivity index (χ3v) is 9.48. The summed E-state index contributed by atoms with van der Waals surface area (Å²) in [4.78, 5) is 14.1. The van der Waals surface area contributed by atoms with Crippen LogP contribution in [-0.4, -0.2) is 23.1 Å². The average Bonchev–Trinajstić information content (AvgIpc) is 3.18. The van der Waals surface area contributed by atoms with Gasteiger partial charge in [0.15, 0.2) is 0 Å².